The molecular formula is C16H16N2O2S. The van der Waals surface area contributed by atoms with Crippen LogP contribution in [0, 0.1) is 0 Å². The largest absolute Gasteiger partial charge is 0.493 e. The maximum absolute atomic E-state index is 12.9. The second-order valence-corrected chi connectivity index (χ2v) is 6.16. The monoisotopic (exact) mass is 300 g/mol. The molecule has 2 aromatic heterocycles. The molecule has 0 atom stereocenters. The zero-order valence-corrected chi connectivity index (χ0v) is 13.0. The summed E-state index contributed by atoms with van der Waals surface area (Å²) in [5.41, 5.74) is 0.513. The van der Waals surface area contributed by atoms with E-state index in [9.17, 15) is 4.79 Å². The van der Waals surface area contributed by atoms with E-state index in [2.05, 4.69) is 5.10 Å². The minimum Gasteiger partial charge on any atom is -0.493 e. The van der Waals surface area contributed by atoms with Gasteiger partial charge in [0.2, 0.25) is 5.78 Å². The van der Waals surface area contributed by atoms with Crippen LogP contribution in [-0.2, 0) is 0 Å². The molecule has 0 amide bonds. The molecule has 0 saturated heterocycles. The Balaban J connectivity index is 2.11. The second kappa shape index (κ2) is 5.33. The van der Waals surface area contributed by atoms with Gasteiger partial charge >= 0.3 is 0 Å². The van der Waals surface area contributed by atoms with Gasteiger partial charge in [0.05, 0.1) is 18.2 Å². The molecule has 21 heavy (non-hydrogen) atoms. The van der Waals surface area contributed by atoms with Crippen molar-refractivity contribution in [3.05, 3.63) is 47.1 Å². The molecule has 0 aliphatic carbocycles. The number of hydrogen-bond acceptors (Lipinski definition) is 4. The smallest absolute Gasteiger partial charge is 0.224 e. The van der Waals surface area contributed by atoms with Crippen molar-refractivity contribution >= 4 is 27.2 Å². The average molecular weight is 300 g/mol. The van der Waals surface area contributed by atoms with Gasteiger partial charge in [0, 0.05) is 10.7 Å². The fourth-order valence-corrected chi connectivity index (χ4v) is 3.32. The first-order valence-corrected chi connectivity index (χ1v) is 7.58. The summed E-state index contributed by atoms with van der Waals surface area (Å²) < 4.78 is 8.11. The minimum absolute atomic E-state index is 0.0424. The van der Waals surface area contributed by atoms with Crippen LogP contribution in [0.5, 0.6) is 5.75 Å². The third-order valence-electron chi connectivity index (χ3n) is 3.34. The predicted octanol–water partition coefficient (Wildman–Crippen LogP) is 3.92. The average Bonchev–Trinajstić information content (AvgIpc) is 3.09. The number of fused-ring (bicyclic) bond motifs is 1. The Morgan fingerprint density at radius 3 is 2.76 bits per heavy atom. The summed E-state index contributed by atoms with van der Waals surface area (Å²) in [5, 5.41) is 5.35. The highest BCUT2D eigenvalue weighted by atomic mass is 32.1. The number of carbonyl (C=O) groups excluding carboxylic acids is 1. The standard InChI is InChI=1S/C16H16N2O2S/c1-10(2)18-15(12(20-3)9-17-18)16(19)14-8-11-6-4-5-7-13(11)21-14/h4-10H,1-3H3. The van der Waals surface area contributed by atoms with Gasteiger partial charge in [-0.25, -0.2) is 0 Å². The van der Waals surface area contributed by atoms with Crippen LogP contribution in [0.15, 0.2) is 36.5 Å². The topological polar surface area (TPSA) is 44.1 Å². The fraction of sp³-hybridized carbons (Fsp3) is 0.250. The van der Waals surface area contributed by atoms with Gasteiger partial charge in [-0.1, -0.05) is 18.2 Å². The Labute approximate surface area is 127 Å². The van der Waals surface area contributed by atoms with Crippen molar-refractivity contribution < 1.29 is 9.53 Å². The molecule has 3 aromatic rings. The molecule has 0 radical (unpaired) electrons. The van der Waals surface area contributed by atoms with Crippen LogP contribution in [0.4, 0.5) is 0 Å². The number of ketones is 1. The van der Waals surface area contributed by atoms with Crippen LogP contribution >= 0.6 is 11.3 Å². The minimum atomic E-state index is -0.0424. The Morgan fingerprint density at radius 1 is 1.33 bits per heavy atom. The highest BCUT2D eigenvalue weighted by Gasteiger charge is 2.23. The first kappa shape index (κ1) is 13.8. The van der Waals surface area contributed by atoms with Gasteiger partial charge in [-0.05, 0) is 31.4 Å². The molecule has 1 aromatic carbocycles. The van der Waals surface area contributed by atoms with Crippen molar-refractivity contribution in [1.29, 1.82) is 0 Å². The first-order valence-electron chi connectivity index (χ1n) is 6.76. The zero-order chi connectivity index (χ0) is 15.0. The Kier molecular flexibility index (Phi) is 3.51. The number of benzene rings is 1. The van der Waals surface area contributed by atoms with E-state index in [-0.39, 0.29) is 11.8 Å². The molecule has 4 nitrogen and oxygen atoms in total. The van der Waals surface area contributed by atoms with Crippen molar-refractivity contribution in [3.63, 3.8) is 0 Å². The van der Waals surface area contributed by atoms with E-state index < -0.39 is 0 Å². The van der Waals surface area contributed by atoms with Gasteiger partial charge < -0.3 is 4.74 Å². The van der Waals surface area contributed by atoms with Crippen molar-refractivity contribution in [2.45, 2.75) is 19.9 Å². The van der Waals surface area contributed by atoms with E-state index in [1.54, 1.807) is 18.0 Å². The lowest BCUT2D eigenvalue weighted by Gasteiger charge is -2.10. The summed E-state index contributed by atoms with van der Waals surface area (Å²) in [6, 6.07) is 10.0. The maximum atomic E-state index is 12.9. The third kappa shape index (κ3) is 2.34. The molecule has 0 aliphatic heterocycles. The van der Waals surface area contributed by atoms with Crippen molar-refractivity contribution in [2.75, 3.05) is 7.11 Å². The highest BCUT2D eigenvalue weighted by Crippen LogP contribution is 2.30. The van der Waals surface area contributed by atoms with Gasteiger partial charge in [0.15, 0.2) is 11.4 Å². The number of ether oxygens (including phenoxy) is 1. The number of nitrogens with zero attached hydrogens (tertiary/aromatic N) is 2. The number of aromatic nitrogens is 2. The lowest BCUT2D eigenvalue weighted by atomic mass is 10.2. The number of thiophene rings is 1. The highest BCUT2D eigenvalue weighted by molar-refractivity contribution is 7.21. The van der Waals surface area contributed by atoms with Crippen molar-refractivity contribution in [2.24, 2.45) is 0 Å². The summed E-state index contributed by atoms with van der Waals surface area (Å²) in [5.74, 6) is 0.477. The van der Waals surface area contributed by atoms with Gasteiger partial charge in [-0.15, -0.1) is 11.3 Å². The van der Waals surface area contributed by atoms with Gasteiger partial charge in [-0.3, -0.25) is 9.48 Å². The summed E-state index contributed by atoms with van der Waals surface area (Å²) >= 11 is 1.50. The molecule has 2 heterocycles. The van der Waals surface area contributed by atoms with Crippen molar-refractivity contribution in [1.82, 2.24) is 9.78 Å². The SMILES string of the molecule is COc1cnn(C(C)C)c1C(=O)c1cc2ccccc2s1. The Hall–Kier alpha value is -2.14. The van der Waals surface area contributed by atoms with E-state index in [4.69, 9.17) is 4.74 Å². The number of hydrogen-bond donors (Lipinski definition) is 0. The molecule has 3 rings (SSSR count). The molecule has 108 valence electrons. The molecule has 0 N–H and O–H groups in total. The number of carbonyl (C=O) groups is 1. The summed E-state index contributed by atoms with van der Waals surface area (Å²) in [6.45, 7) is 3.99. The van der Waals surface area contributed by atoms with Crippen molar-refractivity contribution in [3.8, 4) is 5.75 Å². The molecule has 0 fully saturated rings. The summed E-state index contributed by atoms with van der Waals surface area (Å²) in [4.78, 5) is 13.6. The van der Waals surface area contributed by atoms with E-state index in [0.29, 0.717) is 16.3 Å². The second-order valence-electron chi connectivity index (χ2n) is 5.08. The van der Waals surface area contributed by atoms with Crippen LogP contribution in [0.2, 0.25) is 0 Å². The van der Waals surface area contributed by atoms with Gasteiger partial charge in [0.25, 0.3) is 0 Å². The van der Waals surface area contributed by atoms with Crippen LogP contribution in [-0.4, -0.2) is 22.7 Å². The molecular weight excluding hydrogens is 284 g/mol. The van der Waals surface area contributed by atoms with Crippen LogP contribution < -0.4 is 4.74 Å². The molecule has 5 heteroatoms. The molecule has 0 bridgehead atoms. The lowest BCUT2D eigenvalue weighted by Crippen LogP contribution is -2.13. The Bertz CT molecular complexity index is 769. The first-order chi connectivity index (χ1) is 10.1. The lowest BCUT2D eigenvalue weighted by molar-refractivity contribution is 0.102. The molecule has 0 unspecified atom stereocenters. The van der Waals surface area contributed by atoms with Gasteiger partial charge in [-0.2, -0.15) is 5.10 Å². The third-order valence-corrected chi connectivity index (χ3v) is 4.45. The predicted molar refractivity (Wildman–Crippen MR) is 84.4 cm³/mol. The number of rotatable bonds is 4. The number of methoxy groups -OCH3 is 1. The molecule has 0 saturated carbocycles. The normalized spacial score (nSPS) is 11.2. The zero-order valence-electron chi connectivity index (χ0n) is 12.2. The molecule has 0 spiro atoms. The van der Waals surface area contributed by atoms with E-state index >= 15 is 0 Å². The van der Waals surface area contributed by atoms with E-state index in [1.807, 2.05) is 44.2 Å². The maximum Gasteiger partial charge on any atom is 0.224 e. The van der Waals surface area contributed by atoms with Crippen LogP contribution in [0.3, 0.4) is 0 Å². The van der Waals surface area contributed by atoms with E-state index in [0.717, 1.165) is 10.1 Å². The van der Waals surface area contributed by atoms with E-state index in [1.165, 1.54) is 11.3 Å². The summed E-state index contributed by atoms with van der Waals surface area (Å²) in [6.07, 6.45) is 1.60. The molecule has 0 aliphatic rings. The quantitative estimate of drug-likeness (QED) is 0.686. The fourth-order valence-electron chi connectivity index (χ4n) is 2.31. The van der Waals surface area contributed by atoms with Crippen LogP contribution in [0.1, 0.15) is 35.3 Å². The van der Waals surface area contributed by atoms with Crippen LogP contribution in [0.25, 0.3) is 10.1 Å². The summed E-state index contributed by atoms with van der Waals surface area (Å²) in [7, 11) is 1.56. The van der Waals surface area contributed by atoms with Gasteiger partial charge in [0.1, 0.15) is 0 Å². The Morgan fingerprint density at radius 2 is 2.10 bits per heavy atom.